The predicted octanol–water partition coefficient (Wildman–Crippen LogP) is 4.56. The lowest BCUT2D eigenvalue weighted by atomic mass is 10.2. The van der Waals surface area contributed by atoms with Crippen molar-refractivity contribution in [1.29, 1.82) is 0 Å². The maximum absolute atomic E-state index is 13.3. The zero-order chi connectivity index (χ0) is 23.0. The molecule has 33 heavy (non-hydrogen) atoms. The van der Waals surface area contributed by atoms with E-state index in [1.807, 2.05) is 36.4 Å². The lowest BCUT2D eigenvalue weighted by Gasteiger charge is -2.35. The fourth-order valence-corrected chi connectivity index (χ4v) is 6.26. The van der Waals surface area contributed by atoms with Crippen LogP contribution in [0.2, 0.25) is 5.02 Å². The first kappa shape index (κ1) is 21.9. The van der Waals surface area contributed by atoms with E-state index in [2.05, 4.69) is 27.7 Å². The third-order valence-corrected chi connectivity index (χ3v) is 8.38. The number of sulfonamides is 1. The summed E-state index contributed by atoms with van der Waals surface area (Å²) in [5.41, 5.74) is 3.90. The first-order valence-electron chi connectivity index (χ1n) is 10.9. The SMILES string of the molecule is Cc1ccc(Cl)cc1S(=O)(=O)N1CCN(c2nc3ccccc3n2Cc2ccccc2)CC1. The van der Waals surface area contributed by atoms with Gasteiger partial charge in [-0.3, -0.25) is 0 Å². The lowest BCUT2D eigenvalue weighted by molar-refractivity contribution is 0.381. The fraction of sp³-hybridized carbons (Fsp3) is 0.240. The number of hydrogen-bond donors (Lipinski definition) is 0. The van der Waals surface area contributed by atoms with Crippen LogP contribution in [0.15, 0.2) is 77.7 Å². The molecule has 8 heteroatoms. The lowest BCUT2D eigenvalue weighted by Crippen LogP contribution is -2.49. The molecule has 3 aromatic carbocycles. The Labute approximate surface area is 199 Å². The molecule has 0 spiro atoms. The molecular formula is C25H25ClN4O2S. The number of rotatable bonds is 5. The van der Waals surface area contributed by atoms with E-state index >= 15 is 0 Å². The number of aromatic nitrogens is 2. The summed E-state index contributed by atoms with van der Waals surface area (Å²) in [5.74, 6) is 0.871. The average Bonchev–Trinajstić information content (AvgIpc) is 3.19. The maximum atomic E-state index is 13.3. The van der Waals surface area contributed by atoms with E-state index in [0.717, 1.165) is 17.0 Å². The Morgan fingerprint density at radius 3 is 2.36 bits per heavy atom. The molecule has 5 rings (SSSR count). The van der Waals surface area contributed by atoms with Crippen molar-refractivity contribution in [2.45, 2.75) is 18.4 Å². The van der Waals surface area contributed by atoms with Gasteiger partial charge in [0.15, 0.2) is 0 Å². The minimum atomic E-state index is -3.61. The van der Waals surface area contributed by atoms with Gasteiger partial charge in [-0.1, -0.05) is 60.1 Å². The normalized spacial score (nSPS) is 15.3. The molecule has 1 aliphatic heterocycles. The third-order valence-electron chi connectivity index (χ3n) is 6.11. The van der Waals surface area contributed by atoms with E-state index in [4.69, 9.17) is 16.6 Å². The summed E-state index contributed by atoms with van der Waals surface area (Å²) in [7, 11) is -3.61. The van der Waals surface area contributed by atoms with Gasteiger partial charge in [-0.05, 0) is 42.3 Å². The summed E-state index contributed by atoms with van der Waals surface area (Å²) >= 11 is 6.09. The fourth-order valence-electron chi connectivity index (χ4n) is 4.35. The van der Waals surface area contributed by atoms with E-state index in [9.17, 15) is 8.42 Å². The third kappa shape index (κ3) is 4.24. The summed E-state index contributed by atoms with van der Waals surface area (Å²) in [6.07, 6.45) is 0. The van der Waals surface area contributed by atoms with Crippen molar-refractivity contribution in [3.8, 4) is 0 Å². The van der Waals surface area contributed by atoms with Gasteiger partial charge in [-0.25, -0.2) is 13.4 Å². The zero-order valence-corrected chi connectivity index (χ0v) is 19.9. The second kappa shape index (κ2) is 8.82. The standard InChI is InChI=1S/C25H25ClN4O2S/c1-19-11-12-21(26)17-24(19)33(31,32)29-15-13-28(14-16-29)25-27-22-9-5-6-10-23(22)30(25)18-20-7-3-2-4-8-20/h2-12,17H,13-16,18H2,1H3. The molecule has 4 aromatic rings. The number of anilines is 1. The second-order valence-corrected chi connectivity index (χ2v) is 10.6. The highest BCUT2D eigenvalue weighted by molar-refractivity contribution is 7.89. The molecule has 0 bridgehead atoms. The van der Waals surface area contributed by atoms with Crippen LogP contribution in [-0.4, -0.2) is 48.5 Å². The van der Waals surface area contributed by atoms with Crippen molar-refractivity contribution in [2.75, 3.05) is 31.1 Å². The summed E-state index contributed by atoms with van der Waals surface area (Å²) in [6, 6.07) is 23.4. The number of fused-ring (bicyclic) bond motifs is 1. The Morgan fingerprint density at radius 2 is 1.61 bits per heavy atom. The molecule has 170 valence electrons. The number of para-hydroxylation sites is 2. The Hall–Kier alpha value is -2.87. The van der Waals surface area contributed by atoms with Gasteiger partial charge in [-0.2, -0.15) is 4.31 Å². The number of nitrogens with zero attached hydrogens (tertiary/aromatic N) is 4. The van der Waals surface area contributed by atoms with Crippen molar-refractivity contribution in [2.24, 2.45) is 0 Å². The maximum Gasteiger partial charge on any atom is 0.243 e. The Bertz CT molecular complexity index is 1390. The number of halogens is 1. The largest absolute Gasteiger partial charge is 0.340 e. The van der Waals surface area contributed by atoms with Gasteiger partial charge in [0, 0.05) is 31.2 Å². The van der Waals surface area contributed by atoms with Crippen LogP contribution in [0, 0.1) is 6.92 Å². The summed E-state index contributed by atoms with van der Waals surface area (Å²) in [4.78, 5) is 7.36. The molecular weight excluding hydrogens is 456 g/mol. The van der Waals surface area contributed by atoms with Gasteiger partial charge in [0.05, 0.1) is 22.5 Å². The number of imidazole rings is 1. The van der Waals surface area contributed by atoms with Gasteiger partial charge in [0.25, 0.3) is 0 Å². The molecule has 0 saturated carbocycles. The summed E-state index contributed by atoms with van der Waals surface area (Å²) < 4.78 is 30.3. The van der Waals surface area contributed by atoms with E-state index < -0.39 is 10.0 Å². The number of aryl methyl sites for hydroxylation is 1. The molecule has 0 N–H and O–H groups in total. The van der Waals surface area contributed by atoms with Crippen molar-refractivity contribution < 1.29 is 8.42 Å². The smallest absolute Gasteiger partial charge is 0.243 e. The highest BCUT2D eigenvalue weighted by Gasteiger charge is 2.31. The van der Waals surface area contributed by atoms with Crippen molar-refractivity contribution in [3.05, 3.63) is 88.9 Å². The summed E-state index contributed by atoms with van der Waals surface area (Å²) in [6.45, 7) is 4.42. The zero-order valence-electron chi connectivity index (χ0n) is 18.4. The summed E-state index contributed by atoms with van der Waals surface area (Å²) in [5, 5.41) is 0.424. The topological polar surface area (TPSA) is 58.4 Å². The number of benzene rings is 3. The molecule has 1 aliphatic rings. The van der Waals surface area contributed by atoms with Crippen molar-refractivity contribution in [1.82, 2.24) is 13.9 Å². The van der Waals surface area contributed by atoms with Gasteiger partial charge in [-0.15, -0.1) is 0 Å². The van der Waals surface area contributed by atoms with E-state index in [1.54, 1.807) is 23.4 Å². The van der Waals surface area contributed by atoms with Gasteiger partial charge in [0.2, 0.25) is 16.0 Å². The van der Waals surface area contributed by atoms with Gasteiger partial charge >= 0.3 is 0 Å². The molecule has 0 amide bonds. The van der Waals surface area contributed by atoms with Crippen LogP contribution in [0.25, 0.3) is 11.0 Å². The molecule has 6 nitrogen and oxygen atoms in total. The van der Waals surface area contributed by atoms with Crippen LogP contribution in [-0.2, 0) is 16.6 Å². The first-order chi connectivity index (χ1) is 15.9. The molecule has 0 aliphatic carbocycles. The number of hydrogen-bond acceptors (Lipinski definition) is 4. The van der Waals surface area contributed by atoms with Crippen LogP contribution in [0.4, 0.5) is 5.95 Å². The van der Waals surface area contributed by atoms with E-state index in [1.165, 1.54) is 11.6 Å². The van der Waals surface area contributed by atoms with Crippen LogP contribution in [0.1, 0.15) is 11.1 Å². The van der Waals surface area contributed by atoms with Gasteiger partial charge < -0.3 is 9.47 Å². The monoisotopic (exact) mass is 480 g/mol. The predicted molar refractivity (Wildman–Crippen MR) is 132 cm³/mol. The Morgan fingerprint density at radius 1 is 0.909 bits per heavy atom. The number of piperazine rings is 1. The molecule has 0 radical (unpaired) electrons. The molecule has 1 saturated heterocycles. The van der Waals surface area contributed by atoms with Crippen LogP contribution in [0.5, 0.6) is 0 Å². The molecule has 0 atom stereocenters. The van der Waals surface area contributed by atoms with E-state index in [-0.39, 0.29) is 4.90 Å². The van der Waals surface area contributed by atoms with Crippen molar-refractivity contribution in [3.63, 3.8) is 0 Å². The van der Waals surface area contributed by atoms with Crippen molar-refractivity contribution >= 4 is 38.6 Å². The minimum Gasteiger partial charge on any atom is -0.340 e. The van der Waals surface area contributed by atoms with Crippen LogP contribution in [0.3, 0.4) is 0 Å². The Kier molecular flexibility index (Phi) is 5.86. The average molecular weight is 481 g/mol. The van der Waals surface area contributed by atoms with E-state index in [0.29, 0.717) is 43.3 Å². The van der Waals surface area contributed by atoms with Crippen LogP contribution >= 0.6 is 11.6 Å². The minimum absolute atomic E-state index is 0.278. The van der Waals surface area contributed by atoms with Crippen LogP contribution < -0.4 is 4.90 Å². The molecule has 0 unspecified atom stereocenters. The molecule has 1 aromatic heterocycles. The first-order valence-corrected chi connectivity index (χ1v) is 12.8. The Balaban J connectivity index is 1.42. The molecule has 1 fully saturated rings. The second-order valence-electron chi connectivity index (χ2n) is 8.27. The highest BCUT2D eigenvalue weighted by atomic mass is 35.5. The molecule has 2 heterocycles. The quantitative estimate of drug-likeness (QED) is 0.420. The van der Waals surface area contributed by atoms with Gasteiger partial charge in [0.1, 0.15) is 0 Å². The highest BCUT2D eigenvalue weighted by Crippen LogP contribution is 2.28.